The van der Waals surface area contributed by atoms with Crippen molar-refractivity contribution in [2.45, 2.75) is 32.2 Å². The summed E-state index contributed by atoms with van der Waals surface area (Å²) in [5.41, 5.74) is 2.05. The maximum atomic E-state index is 15.1. The number of aromatic nitrogens is 1. The third kappa shape index (κ3) is 6.26. The summed E-state index contributed by atoms with van der Waals surface area (Å²) < 4.78 is 27.9. The van der Waals surface area contributed by atoms with Crippen molar-refractivity contribution in [1.82, 2.24) is 9.47 Å². The van der Waals surface area contributed by atoms with Crippen molar-refractivity contribution < 1.29 is 28.2 Å². The summed E-state index contributed by atoms with van der Waals surface area (Å²) in [5, 5.41) is 3.61. The van der Waals surface area contributed by atoms with Crippen LogP contribution in [0.15, 0.2) is 66.9 Å². The number of ether oxygens (including phenoxy) is 2. The lowest BCUT2D eigenvalue weighted by atomic mass is 10.1. The molecule has 1 saturated heterocycles. The van der Waals surface area contributed by atoms with Crippen LogP contribution in [0.2, 0.25) is 5.02 Å². The summed E-state index contributed by atoms with van der Waals surface area (Å²) in [7, 11) is 1.85. The molecule has 42 heavy (non-hydrogen) atoms. The predicted molar refractivity (Wildman–Crippen MR) is 159 cm³/mol. The molecule has 1 fully saturated rings. The Bertz CT molecular complexity index is 1640. The maximum absolute atomic E-state index is 15.1. The van der Waals surface area contributed by atoms with Gasteiger partial charge in [0.1, 0.15) is 18.2 Å². The zero-order valence-corrected chi connectivity index (χ0v) is 24.1. The topological polar surface area (TPSA) is 89.9 Å². The second-order valence-corrected chi connectivity index (χ2v) is 10.6. The Hall–Kier alpha value is -4.37. The van der Waals surface area contributed by atoms with Gasteiger partial charge < -0.3 is 24.3 Å². The van der Waals surface area contributed by atoms with Gasteiger partial charge >= 0.3 is 5.97 Å². The monoisotopic (exact) mass is 591 g/mol. The number of para-hydroxylation sites is 1. The number of halogens is 2. The fraction of sp³-hybridized carbons (Fsp3) is 0.281. The number of nitrogens with zero attached hydrogens (tertiary/aromatic N) is 2. The lowest BCUT2D eigenvalue weighted by Gasteiger charge is -2.25. The van der Waals surface area contributed by atoms with Crippen molar-refractivity contribution in [3.05, 3.63) is 94.4 Å². The molecule has 2 amide bonds. The SMILES string of the molecule is CCOC(=O)c1ccc(OCC2CCCN2C(=O)Cc2cc(Cl)c(NC(=O)c3cn(C)c4ccccc34)cc2F)cc1. The quantitative estimate of drug-likeness (QED) is 0.241. The van der Waals surface area contributed by atoms with Gasteiger partial charge in [-0.15, -0.1) is 0 Å². The highest BCUT2D eigenvalue weighted by Crippen LogP contribution is 2.29. The lowest BCUT2D eigenvalue weighted by Crippen LogP contribution is -2.40. The molecule has 4 aromatic rings. The molecule has 2 heterocycles. The van der Waals surface area contributed by atoms with E-state index in [0.29, 0.717) is 30.0 Å². The van der Waals surface area contributed by atoms with Crippen molar-refractivity contribution in [2.24, 2.45) is 7.05 Å². The van der Waals surface area contributed by atoms with Gasteiger partial charge in [-0.3, -0.25) is 9.59 Å². The minimum Gasteiger partial charge on any atom is -0.491 e. The summed E-state index contributed by atoms with van der Waals surface area (Å²) in [6.07, 6.45) is 3.11. The first kappa shape index (κ1) is 29.1. The molecule has 3 aromatic carbocycles. The summed E-state index contributed by atoms with van der Waals surface area (Å²) in [6, 6.07) is 16.5. The number of rotatable bonds is 9. The highest BCUT2D eigenvalue weighted by Gasteiger charge is 2.30. The first-order valence-electron chi connectivity index (χ1n) is 13.8. The fourth-order valence-electron chi connectivity index (χ4n) is 5.23. The number of nitrogens with one attached hydrogen (secondary N) is 1. The van der Waals surface area contributed by atoms with Crippen LogP contribution in [0.4, 0.5) is 10.1 Å². The lowest BCUT2D eigenvalue weighted by molar-refractivity contribution is -0.131. The van der Waals surface area contributed by atoms with Gasteiger partial charge in [-0.1, -0.05) is 29.8 Å². The van der Waals surface area contributed by atoms with Crippen LogP contribution >= 0.6 is 11.6 Å². The molecule has 1 N–H and O–H groups in total. The first-order valence-corrected chi connectivity index (χ1v) is 14.2. The van der Waals surface area contributed by atoms with E-state index in [1.807, 2.05) is 35.9 Å². The van der Waals surface area contributed by atoms with Crippen molar-refractivity contribution in [3.63, 3.8) is 0 Å². The van der Waals surface area contributed by atoms with E-state index in [9.17, 15) is 14.4 Å². The zero-order valence-electron chi connectivity index (χ0n) is 23.4. The maximum Gasteiger partial charge on any atom is 0.338 e. The molecule has 1 aliphatic rings. The predicted octanol–water partition coefficient (Wildman–Crippen LogP) is 6.01. The molecule has 0 spiro atoms. The molecule has 1 atom stereocenters. The molecule has 0 bridgehead atoms. The largest absolute Gasteiger partial charge is 0.491 e. The Morgan fingerprint density at radius 2 is 1.86 bits per heavy atom. The van der Waals surface area contributed by atoms with Crippen molar-refractivity contribution in [2.75, 3.05) is 25.1 Å². The number of anilines is 1. The van der Waals surface area contributed by atoms with E-state index < -0.39 is 17.7 Å². The number of fused-ring (bicyclic) bond motifs is 1. The van der Waals surface area contributed by atoms with Gasteiger partial charge in [-0.2, -0.15) is 0 Å². The molecular weight excluding hydrogens is 561 g/mol. The Labute approximate surface area is 248 Å². The average molecular weight is 592 g/mol. The zero-order chi connectivity index (χ0) is 29.8. The minimum absolute atomic E-state index is 0.129. The molecule has 0 aliphatic carbocycles. The molecule has 1 unspecified atom stereocenters. The van der Waals surface area contributed by atoms with Crippen molar-refractivity contribution in [3.8, 4) is 5.75 Å². The Kier molecular flexibility index (Phi) is 8.77. The molecule has 0 saturated carbocycles. The van der Waals surface area contributed by atoms with Crippen LogP contribution in [-0.4, -0.2) is 53.1 Å². The van der Waals surface area contributed by atoms with Crippen LogP contribution < -0.4 is 10.1 Å². The molecule has 0 radical (unpaired) electrons. The third-order valence-corrected chi connectivity index (χ3v) is 7.69. The summed E-state index contributed by atoms with van der Waals surface area (Å²) in [5.74, 6) is -1.10. The molecule has 1 aromatic heterocycles. The van der Waals surface area contributed by atoms with Gasteiger partial charge in [0.15, 0.2) is 0 Å². The van der Waals surface area contributed by atoms with Gasteiger partial charge in [-0.05, 0) is 67.8 Å². The summed E-state index contributed by atoms with van der Waals surface area (Å²) in [4.78, 5) is 39.8. The highest BCUT2D eigenvalue weighted by atomic mass is 35.5. The molecule has 5 rings (SSSR count). The summed E-state index contributed by atoms with van der Waals surface area (Å²) >= 11 is 6.43. The van der Waals surface area contributed by atoms with E-state index in [1.54, 1.807) is 42.3 Å². The van der Waals surface area contributed by atoms with Gasteiger partial charge in [0.05, 0.1) is 40.9 Å². The standard InChI is InChI=1S/C32H31ClFN3O5/c1-3-41-32(40)20-10-12-23(13-11-20)42-19-22-7-6-14-37(22)30(38)16-21-15-26(33)28(17-27(21)34)35-31(39)25-18-36(2)29-9-5-4-8-24(25)29/h4-5,8-13,15,17-18,22H,3,6-7,14,16,19H2,1-2H3,(H,35,39). The Morgan fingerprint density at radius 1 is 1.10 bits per heavy atom. The van der Waals surface area contributed by atoms with Crippen LogP contribution in [-0.2, 0) is 23.0 Å². The molecule has 1 aliphatic heterocycles. The van der Waals surface area contributed by atoms with Crippen LogP contribution in [0.1, 0.15) is 46.0 Å². The first-order chi connectivity index (χ1) is 20.2. The Morgan fingerprint density at radius 3 is 2.62 bits per heavy atom. The number of likely N-dealkylation sites (tertiary alicyclic amines) is 1. The Balaban J connectivity index is 1.21. The van der Waals surface area contributed by atoms with Gasteiger partial charge in [0.2, 0.25) is 5.91 Å². The van der Waals surface area contributed by atoms with Crippen molar-refractivity contribution in [1.29, 1.82) is 0 Å². The number of hydrogen-bond donors (Lipinski definition) is 1. The molecular formula is C32H31ClFN3O5. The van der Waals surface area contributed by atoms with Crippen LogP contribution in [0.3, 0.4) is 0 Å². The van der Waals surface area contributed by atoms with Crippen LogP contribution in [0, 0.1) is 5.82 Å². The number of amides is 2. The number of hydrogen-bond acceptors (Lipinski definition) is 5. The highest BCUT2D eigenvalue weighted by molar-refractivity contribution is 6.34. The molecule has 10 heteroatoms. The molecule has 8 nitrogen and oxygen atoms in total. The molecule has 218 valence electrons. The van der Waals surface area contributed by atoms with E-state index in [1.165, 1.54) is 6.07 Å². The van der Waals surface area contributed by atoms with Gasteiger partial charge in [-0.25, -0.2) is 9.18 Å². The third-order valence-electron chi connectivity index (χ3n) is 7.37. The van der Waals surface area contributed by atoms with Gasteiger partial charge in [0.25, 0.3) is 5.91 Å². The van der Waals surface area contributed by atoms with Crippen LogP contribution in [0.25, 0.3) is 10.9 Å². The van der Waals surface area contributed by atoms with Gasteiger partial charge in [0, 0.05) is 30.7 Å². The average Bonchev–Trinajstić information content (AvgIpc) is 3.59. The minimum atomic E-state index is -0.630. The second kappa shape index (κ2) is 12.7. The normalized spacial score (nSPS) is 14.7. The summed E-state index contributed by atoms with van der Waals surface area (Å²) in [6.45, 7) is 2.86. The van der Waals surface area contributed by atoms with E-state index in [0.717, 1.165) is 29.8 Å². The van der Waals surface area contributed by atoms with Crippen molar-refractivity contribution >= 4 is 46.0 Å². The second-order valence-electron chi connectivity index (χ2n) is 10.2. The smallest absolute Gasteiger partial charge is 0.338 e. The fourth-order valence-corrected chi connectivity index (χ4v) is 5.46. The number of aryl methyl sites for hydroxylation is 1. The van der Waals surface area contributed by atoms with E-state index in [4.69, 9.17) is 21.1 Å². The number of carbonyl (C=O) groups excluding carboxylic acids is 3. The van der Waals surface area contributed by atoms with E-state index in [-0.39, 0.29) is 41.3 Å². The van der Waals surface area contributed by atoms with Crippen LogP contribution in [0.5, 0.6) is 5.75 Å². The van der Waals surface area contributed by atoms with E-state index >= 15 is 4.39 Å². The number of benzene rings is 3. The number of esters is 1. The number of carbonyl (C=O) groups is 3. The van der Waals surface area contributed by atoms with E-state index in [2.05, 4.69) is 5.32 Å².